The Labute approximate surface area is 61.4 Å². The van der Waals surface area contributed by atoms with Gasteiger partial charge in [0.2, 0.25) is 5.91 Å². The van der Waals surface area contributed by atoms with E-state index in [0.29, 0.717) is 19.6 Å². The maximum Gasteiger partial charge on any atom is 0.236 e. The Morgan fingerprint density at radius 1 is 1.60 bits per heavy atom. The Balaban J connectivity index is 3.22. The van der Waals surface area contributed by atoms with Crippen LogP contribution in [0.15, 0.2) is 0 Å². The second-order valence-electron chi connectivity index (χ2n) is 2.25. The van der Waals surface area contributed by atoms with Crippen LogP contribution in [-0.4, -0.2) is 44.5 Å². The van der Waals surface area contributed by atoms with Crippen molar-refractivity contribution in [1.82, 2.24) is 10.2 Å². The van der Waals surface area contributed by atoms with Crippen molar-refractivity contribution in [3.63, 3.8) is 0 Å². The van der Waals surface area contributed by atoms with E-state index in [0.717, 1.165) is 0 Å². The number of nitrogens with zero attached hydrogens (tertiary/aromatic N) is 1. The molecule has 0 aliphatic rings. The molecule has 0 saturated heterocycles. The van der Waals surface area contributed by atoms with E-state index in [1.807, 2.05) is 0 Å². The molecule has 0 aliphatic heterocycles. The topological polar surface area (TPSA) is 58.4 Å². The van der Waals surface area contributed by atoms with Gasteiger partial charge in [-0.1, -0.05) is 0 Å². The van der Waals surface area contributed by atoms with Crippen molar-refractivity contribution in [2.24, 2.45) is 5.73 Å². The predicted molar refractivity (Wildman–Crippen MR) is 40.6 cm³/mol. The normalized spacial score (nSPS) is 9.50. The molecule has 4 nitrogen and oxygen atoms in total. The van der Waals surface area contributed by atoms with Gasteiger partial charge in [0, 0.05) is 27.2 Å². The number of rotatable bonds is 4. The van der Waals surface area contributed by atoms with Gasteiger partial charge in [0.25, 0.3) is 0 Å². The lowest BCUT2D eigenvalue weighted by Crippen LogP contribution is -2.35. The molecule has 0 aliphatic carbocycles. The van der Waals surface area contributed by atoms with E-state index < -0.39 is 0 Å². The zero-order valence-electron chi connectivity index (χ0n) is 6.55. The maximum atomic E-state index is 10.8. The molecule has 0 rings (SSSR count). The number of likely N-dealkylation sites (N-methyl/N-ethyl adjacent to an activating group) is 1. The van der Waals surface area contributed by atoms with Crippen LogP contribution in [-0.2, 0) is 4.79 Å². The van der Waals surface area contributed by atoms with Crippen LogP contribution in [0.25, 0.3) is 0 Å². The molecule has 0 aromatic carbocycles. The molecule has 0 saturated carbocycles. The Hall–Kier alpha value is -0.610. The van der Waals surface area contributed by atoms with Crippen molar-refractivity contribution < 1.29 is 4.79 Å². The van der Waals surface area contributed by atoms with Crippen LogP contribution >= 0.6 is 0 Å². The third-order valence-corrected chi connectivity index (χ3v) is 1.10. The molecule has 0 aromatic rings. The Kier molecular flexibility index (Phi) is 4.88. The first-order chi connectivity index (χ1) is 4.68. The van der Waals surface area contributed by atoms with Crippen molar-refractivity contribution in [2.75, 3.05) is 33.7 Å². The lowest BCUT2D eigenvalue weighted by Gasteiger charge is -2.09. The highest BCUT2D eigenvalue weighted by atomic mass is 16.2. The van der Waals surface area contributed by atoms with E-state index in [9.17, 15) is 4.79 Å². The average molecular weight is 145 g/mol. The van der Waals surface area contributed by atoms with Gasteiger partial charge in [-0.15, -0.1) is 0 Å². The lowest BCUT2D eigenvalue weighted by atomic mass is 10.5. The van der Waals surface area contributed by atoms with Crippen LogP contribution in [0, 0.1) is 0 Å². The first-order valence-corrected chi connectivity index (χ1v) is 3.29. The minimum Gasteiger partial charge on any atom is -0.348 e. The van der Waals surface area contributed by atoms with Crippen molar-refractivity contribution in [3.05, 3.63) is 0 Å². The largest absolute Gasteiger partial charge is 0.348 e. The summed E-state index contributed by atoms with van der Waals surface area (Å²) in [7, 11) is 3.46. The summed E-state index contributed by atoms with van der Waals surface area (Å²) in [5.41, 5.74) is 5.20. The number of carbonyl (C=O) groups is 1. The van der Waals surface area contributed by atoms with Gasteiger partial charge >= 0.3 is 0 Å². The number of carbonyl (C=O) groups excluding carboxylic acids is 1. The summed E-state index contributed by atoms with van der Waals surface area (Å²) < 4.78 is 0. The predicted octanol–water partition coefficient (Wildman–Crippen LogP) is -1.38. The molecule has 0 unspecified atom stereocenters. The van der Waals surface area contributed by atoms with Crippen LogP contribution < -0.4 is 11.1 Å². The summed E-state index contributed by atoms with van der Waals surface area (Å²) in [5, 5.41) is 2.90. The fourth-order valence-corrected chi connectivity index (χ4v) is 0.455. The molecule has 0 bridgehead atoms. The smallest absolute Gasteiger partial charge is 0.236 e. The first kappa shape index (κ1) is 9.39. The Morgan fingerprint density at radius 3 is 2.60 bits per heavy atom. The number of nitrogens with two attached hydrogens (primary N) is 1. The summed E-state index contributed by atoms with van der Waals surface area (Å²) >= 11 is 0. The van der Waals surface area contributed by atoms with Gasteiger partial charge < -0.3 is 16.0 Å². The highest BCUT2D eigenvalue weighted by Gasteiger charge is 2.00. The number of hydrogen-bond donors (Lipinski definition) is 2. The van der Waals surface area contributed by atoms with Crippen molar-refractivity contribution in [3.8, 4) is 0 Å². The van der Waals surface area contributed by atoms with E-state index in [1.165, 1.54) is 0 Å². The van der Waals surface area contributed by atoms with E-state index >= 15 is 0 Å². The van der Waals surface area contributed by atoms with Gasteiger partial charge in [-0.25, -0.2) is 0 Å². The monoisotopic (exact) mass is 145 g/mol. The Bertz CT molecular complexity index is 103. The fourth-order valence-electron chi connectivity index (χ4n) is 0.455. The van der Waals surface area contributed by atoms with Crippen LogP contribution in [0.1, 0.15) is 0 Å². The molecular weight excluding hydrogens is 130 g/mol. The fraction of sp³-hybridized carbons (Fsp3) is 0.833. The second-order valence-corrected chi connectivity index (χ2v) is 2.25. The van der Waals surface area contributed by atoms with Gasteiger partial charge in [-0.3, -0.25) is 4.79 Å². The van der Waals surface area contributed by atoms with Crippen LogP contribution in [0.2, 0.25) is 0 Å². The summed E-state index contributed by atoms with van der Waals surface area (Å²) in [5.74, 6) is 0.0773. The molecule has 0 fully saturated rings. The van der Waals surface area contributed by atoms with Gasteiger partial charge in [0.15, 0.2) is 0 Å². The number of nitrogens with one attached hydrogen (secondary N) is 1. The van der Waals surface area contributed by atoms with E-state index in [4.69, 9.17) is 5.73 Å². The van der Waals surface area contributed by atoms with Gasteiger partial charge in [-0.05, 0) is 0 Å². The van der Waals surface area contributed by atoms with Crippen molar-refractivity contribution in [1.29, 1.82) is 0 Å². The standard InChI is InChI=1S/C6H15N3O/c1-9(2)6(10)5-8-4-3-7/h8H,3-5,7H2,1-2H3. The molecule has 60 valence electrons. The Morgan fingerprint density at radius 2 is 2.20 bits per heavy atom. The van der Waals surface area contributed by atoms with Gasteiger partial charge in [0.05, 0.1) is 6.54 Å². The third kappa shape index (κ3) is 4.29. The third-order valence-electron chi connectivity index (χ3n) is 1.10. The minimum atomic E-state index is 0.0773. The average Bonchev–Trinajstić information content (AvgIpc) is 1.88. The quantitative estimate of drug-likeness (QED) is 0.479. The minimum absolute atomic E-state index is 0.0773. The van der Waals surface area contributed by atoms with E-state index in [2.05, 4.69) is 5.32 Å². The van der Waals surface area contributed by atoms with Crippen molar-refractivity contribution >= 4 is 5.91 Å². The van der Waals surface area contributed by atoms with Crippen molar-refractivity contribution in [2.45, 2.75) is 0 Å². The molecule has 1 amide bonds. The number of amides is 1. The molecule has 0 heterocycles. The molecule has 3 N–H and O–H groups in total. The second kappa shape index (κ2) is 5.20. The highest BCUT2D eigenvalue weighted by Crippen LogP contribution is 1.73. The first-order valence-electron chi connectivity index (χ1n) is 3.29. The summed E-state index contributed by atoms with van der Waals surface area (Å²) in [4.78, 5) is 12.4. The van der Waals surface area contributed by atoms with Gasteiger partial charge in [-0.2, -0.15) is 0 Å². The molecule has 0 aromatic heterocycles. The zero-order valence-corrected chi connectivity index (χ0v) is 6.55. The number of hydrogen-bond acceptors (Lipinski definition) is 3. The summed E-state index contributed by atoms with van der Waals surface area (Å²) in [6.07, 6.45) is 0. The maximum absolute atomic E-state index is 10.8. The molecular formula is C6H15N3O. The molecule has 0 radical (unpaired) electrons. The zero-order chi connectivity index (χ0) is 7.98. The van der Waals surface area contributed by atoms with E-state index in [-0.39, 0.29) is 5.91 Å². The molecule has 0 spiro atoms. The molecule has 0 atom stereocenters. The summed E-state index contributed by atoms with van der Waals surface area (Å²) in [6, 6.07) is 0. The van der Waals surface area contributed by atoms with E-state index in [1.54, 1.807) is 19.0 Å². The van der Waals surface area contributed by atoms with Gasteiger partial charge in [0.1, 0.15) is 0 Å². The lowest BCUT2D eigenvalue weighted by molar-refractivity contribution is -0.127. The highest BCUT2D eigenvalue weighted by molar-refractivity contribution is 5.77. The summed E-state index contributed by atoms with van der Waals surface area (Å²) in [6.45, 7) is 1.64. The molecule has 4 heteroatoms. The SMILES string of the molecule is CN(C)C(=O)CNCCN. The van der Waals surface area contributed by atoms with Crippen LogP contribution in [0.5, 0.6) is 0 Å². The van der Waals surface area contributed by atoms with Crippen LogP contribution in [0.3, 0.4) is 0 Å². The molecule has 10 heavy (non-hydrogen) atoms. The van der Waals surface area contributed by atoms with Crippen LogP contribution in [0.4, 0.5) is 0 Å².